The third-order valence-electron chi connectivity index (χ3n) is 2.84. The van der Waals surface area contributed by atoms with Crippen LogP contribution in [0.4, 0.5) is 0 Å². The Kier molecular flexibility index (Phi) is 3.75. The molecule has 104 valence electrons. The number of hydrogen-bond donors (Lipinski definition) is 0. The summed E-state index contributed by atoms with van der Waals surface area (Å²) in [6.45, 7) is 1.80. The highest BCUT2D eigenvalue weighted by Crippen LogP contribution is 2.28. The topological polar surface area (TPSA) is 52.1 Å². The molecule has 0 amide bonds. The predicted molar refractivity (Wildman–Crippen MR) is 81.5 cm³/mol. The van der Waals surface area contributed by atoms with Crippen molar-refractivity contribution in [3.05, 3.63) is 65.4 Å². The molecular weight excluding hydrogens is 284 g/mol. The number of pyridine rings is 1. The molecule has 0 saturated carbocycles. The van der Waals surface area contributed by atoms with Crippen molar-refractivity contribution in [1.29, 1.82) is 0 Å². The first kappa shape index (κ1) is 13.5. The summed E-state index contributed by atoms with van der Waals surface area (Å²) in [4.78, 5) is 21.2. The lowest BCUT2D eigenvalue weighted by Crippen LogP contribution is -2.07. The first-order chi connectivity index (χ1) is 10.2. The van der Waals surface area contributed by atoms with Crippen LogP contribution in [0.2, 0.25) is 0 Å². The Hall–Kier alpha value is -2.53. The molecule has 0 N–H and O–H groups in total. The lowest BCUT2D eigenvalue weighted by Gasteiger charge is -2.01. The van der Waals surface area contributed by atoms with Crippen LogP contribution in [0.3, 0.4) is 0 Å². The highest BCUT2D eigenvalue weighted by molar-refractivity contribution is 7.17. The second-order valence-corrected chi connectivity index (χ2v) is 5.38. The molecule has 0 bridgehead atoms. The maximum Gasteiger partial charge on any atom is 0.355 e. The van der Waals surface area contributed by atoms with E-state index in [0.717, 1.165) is 10.6 Å². The number of ether oxygens (including phenoxy) is 1. The first-order valence-electron chi connectivity index (χ1n) is 6.39. The van der Waals surface area contributed by atoms with Gasteiger partial charge in [-0.25, -0.2) is 9.78 Å². The van der Waals surface area contributed by atoms with Gasteiger partial charge in [-0.1, -0.05) is 18.2 Å². The first-order valence-corrected chi connectivity index (χ1v) is 7.21. The zero-order valence-electron chi connectivity index (χ0n) is 11.3. The van der Waals surface area contributed by atoms with Gasteiger partial charge in [0, 0.05) is 18.0 Å². The van der Waals surface area contributed by atoms with Gasteiger partial charge in [0.2, 0.25) is 0 Å². The highest BCUT2D eigenvalue weighted by Gasteiger charge is 2.18. The Morgan fingerprint density at radius 1 is 1.14 bits per heavy atom. The fraction of sp³-hybridized carbons (Fsp3) is 0.0625. The van der Waals surface area contributed by atoms with E-state index in [1.54, 1.807) is 31.5 Å². The van der Waals surface area contributed by atoms with Crippen LogP contribution in [0, 0.1) is 6.92 Å². The number of aryl methyl sites for hydroxylation is 1. The van der Waals surface area contributed by atoms with E-state index < -0.39 is 0 Å². The van der Waals surface area contributed by atoms with Crippen LogP contribution in [0.25, 0.3) is 10.6 Å². The number of rotatable bonds is 3. The molecule has 3 aromatic rings. The molecule has 0 aliphatic heterocycles. The summed E-state index contributed by atoms with van der Waals surface area (Å²) >= 11 is 1.31. The van der Waals surface area contributed by atoms with Crippen molar-refractivity contribution >= 4 is 17.3 Å². The highest BCUT2D eigenvalue weighted by atomic mass is 32.1. The maximum atomic E-state index is 12.2. The lowest BCUT2D eigenvalue weighted by atomic mass is 10.3. The van der Waals surface area contributed by atoms with Crippen LogP contribution in [0.15, 0.2) is 54.9 Å². The van der Waals surface area contributed by atoms with Gasteiger partial charge in [-0.05, 0) is 31.2 Å². The molecule has 2 aromatic heterocycles. The van der Waals surface area contributed by atoms with Crippen molar-refractivity contribution in [2.24, 2.45) is 0 Å². The quantitative estimate of drug-likeness (QED) is 0.546. The Morgan fingerprint density at radius 3 is 2.67 bits per heavy atom. The molecule has 0 aliphatic carbocycles. The summed E-state index contributed by atoms with van der Waals surface area (Å²) < 4.78 is 5.35. The van der Waals surface area contributed by atoms with E-state index in [1.165, 1.54) is 11.3 Å². The van der Waals surface area contributed by atoms with Crippen LogP contribution in [-0.4, -0.2) is 15.9 Å². The third kappa shape index (κ3) is 2.98. The molecule has 0 radical (unpaired) electrons. The van der Waals surface area contributed by atoms with Gasteiger partial charge < -0.3 is 4.74 Å². The van der Waals surface area contributed by atoms with Crippen molar-refractivity contribution < 1.29 is 9.53 Å². The van der Waals surface area contributed by atoms with Gasteiger partial charge in [0.1, 0.15) is 15.6 Å². The zero-order valence-corrected chi connectivity index (χ0v) is 12.1. The van der Waals surface area contributed by atoms with E-state index >= 15 is 0 Å². The predicted octanol–water partition coefficient (Wildman–Crippen LogP) is 3.73. The number of hydrogen-bond acceptors (Lipinski definition) is 5. The van der Waals surface area contributed by atoms with E-state index in [4.69, 9.17) is 4.74 Å². The number of thiazole rings is 1. The minimum absolute atomic E-state index is 0.383. The Morgan fingerprint density at radius 2 is 1.95 bits per heavy atom. The number of benzene rings is 1. The standard InChI is InChI=1S/C16H12N2O2S/c1-11-14(16(19)20-13-7-3-2-4-8-13)21-15(18-11)12-6-5-9-17-10-12/h2-10H,1H3. The van der Waals surface area contributed by atoms with Crippen molar-refractivity contribution in [3.63, 3.8) is 0 Å². The molecule has 0 saturated heterocycles. The fourth-order valence-corrected chi connectivity index (χ4v) is 2.77. The van der Waals surface area contributed by atoms with Crippen molar-refractivity contribution in [2.45, 2.75) is 6.92 Å². The third-order valence-corrected chi connectivity index (χ3v) is 4.03. The van der Waals surface area contributed by atoms with E-state index in [2.05, 4.69) is 9.97 Å². The van der Waals surface area contributed by atoms with E-state index in [1.807, 2.05) is 30.3 Å². The number of esters is 1. The van der Waals surface area contributed by atoms with Crippen LogP contribution in [0.1, 0.15) is 15.4 Å². The fourth-order valence-electron chi connectivity index (χ4n) is 1.84. The van der Waals surface area contributed by atoms with E-state index in [9.17, 15) is 4.79 Å². The molecule has 0 fully saturated rings. The number of aromatic nitrogens is 2. The molecular formula is C16H12N2O2S. The van der Waals surface area contributed by atoms with Gasteiger partial charge in [-0.3, -0.25) is 4.98 Å². The van der Waals surface area contributed by atoms with Crippen molar-refractivity contribution in [3.8, 4) is 16.3 Å². The number of carbonyl (C=O) groups excluding carboxylic acids is 1. The van der Waals surface area contributed by atoms with Gasteiger partial charge in [0.25, 0.3) is 0 Å². The minimum Gasteiger partial charge on any atom is -0.422 e. The molecule has 0 unspecified atom stereocenters. The van der Waals surface area contributed by atoms with Crippen LogP contribution < -0.4 is 4.74 Å². The number of carbonyl (C=O) groups is 1. The van der Waals surface area contributed by atoms with Crippen LogP contribution in [0.5, 0.6) is 5.75 Å². The monoisotopic (exact) mass is 296 g/mol. The molecule has 3 rings (SSSR count). The van der Waals surface area contributed by atoms with Gasteiger partial charge in [-0.15, -0.1) is 11.3 Å². The largest absolute Gasteiger partial charge is 0.422 e. The minimum atomic E-state index is -0.383. The summed E-state index contributed by atoms with van der Waals surface area (Å²) in [6, 6.07) is 12.8. The Bertz CT molecular complexity index is 754. The summed E-state index contributed by atoms with van der Waals surface area (Å²) in [5, 5.41) is 0.764. The van der Waals surface area contributed by atoms with Gasteiger partial charge in [0.05, 0.1) is 5.69 Å². The number of para-hydroxylation sites is 1. The molecule has 2 heterocycles. The van der Waals surface area contributed by atoms with Crippen LogP contribution >= 0.6 is 11.3 Å². The lowest BCUT2D eigenvalue weighted by molar-refractivity contribution is 0.0739. The summed E-state index contributed by atoms with van der Waals surface area (Å²) in [5.41, 5.74) is 1.56. The second-order valence-electron chi connectivity index (χ2n) is 4.38. The molecule has 1 aromatic carbocycles. The average Bonchev–Trinajstić information content (AvgIpc) is 2.91. The molecule has 0 aliphatic rings. The summed E-state index contributed by atoms with van der Waals surface area (Å²) in [7, 11) is 0. The second kappa shape index (κ2) is 5.85. The van der Waals surface area contributed by atoms with Gasteiger partial charge in [0.15, 0.2) is 0 Å². The SMILES string of the molecule is Cc1nc(-c2cccnc2)sc1C(=O)Oc1ccccc1. The Labute approximate surface area is 126 Å². The van der Waals surface area contributed by atoms with E-state index in [-0.39, 0.29) is 5.97 Å². The molecule has 4 nitrogen and oxygen atoms in total. The maximum absolute atomic E-state index is 12.2. The molecule has 21 heavy (non-hydrogen) atoms. The van der Waals surface area contributed by atoms with Gasteiger partial charge >= 0.3 is 5.97 Å². The van der Waals surface area contributed by atoms with Gasteiger partial charge in [-0.2, -0.15) is 0 Å². The van der Waals surface area contributed by atoms with Crippen molar-refractivity contribution in [2.75, 3.05) is 0 Å². The average molecular weight is 296 g/mol. The normalized spacial score (nSPS) is 10.3. The number of nitrogens with zero attached hydrogens (tertiary/aromatic N) is 2. The van der Waals surface area contributed by atoms with E-state index in [0.29, 0.717) is 16.3 Å². The summed E-state index contributed by atoms with van der Waals surface area (Å²) in [5.74, 6) is 0.143. The Balaban J connectivity index is 1.86. The van der Waals surface area contributed by atoms with Crippen LogP contribution in [-0.2, 0) is 0 Å². The smallest absolute Gasteiger partial charge is 0.355 e. The van der Waals surface area contributed by atoms with Crippen molar-refractivity contribution in [1.82, 2.24) is 9.97 Å². The summed E-state index contributed by atoms with van der Waals surface area (Å²) in [6.07, 6.45) is 3.43. The molecule has 5 heteroatoms. The molecule has 0 atom stereocenters. The molecule has 0 spiro atoms. The zero-order chi connectivity index (χ0) is 14.7.